The van der Waals surface area contributed by atoms with Gasteiger partial charge in [-0.2, -0.15) is 0 Å². The lowest BCUT2D eigenvalue weighted by Crippen LogP contribution is -2.19. The van der Waals surface area contributed by atoms with Crippen LogP contribution in [0.4, 0.5) is 0 Å². The number of aldehydes is 1. The van der Waals surface area contributed by atoms with Crippen LogP contribution in [0.2, 0.25) is 0 Å². The van der Waals surface area contributed by atoms with Crippen molar-refractivity contribution in [2.75, 3.05) is 6.54 Å². The first kappa shape index (κ1) is 14.1. The summed E-state index contributed by atoms with van der Waals surface area (Å²) in [6.45, 7) is 0.0956. The van der Waals surface area contributed by atoms with E-state index in [0.29, 0.717) is 28.3 Å². The highest BCUT2D eigenvalue weighted by Crippen LogP contribution is 2.29. The summed E-state index contributed by atoms with van der Waals surface area (Å²) in [5.74, 6) is 0. The molecule has 7 nitrogen and oxygen atoms in total. The van der Waals surface area contributed by atoms with Crippen molar-refractivity contribution in [3.05, 3.63) is 46.0 Å². The number of aliphatic hydroxyl groups excluding tert-OH is 2. The standard InChI is InChI=1S/C13H14N4O3/c14-17-16-5-4-11(19)13(20)9-2-1-3-10-12(9)8(7-18)6-15-10/h1-3,6-7,11,13,15,19-20H,4-5H2. The van der Waals surface area contributed by atoms with Gasteiger partial charge in [-0.05, 0) is 23.6 Å². The second kappa shape index (κ2) is 6.21. The molecule has 20 heavy (non-hydrogen) atoms. The van der Waals surface area contributed by atoms with Gasteiger partial charge in [-0.15, -0.1) is 0 Å². The zero-order valence-corrected chi connectivity index (χ0v) is 10.6. The summed E-state index contributed by atoms with van der Waals surface area (Å²) in [6, 6.07) is 5.17. The molecule has 7 heteroatoms. The minimum atomic E-state index is -1.15. The molecule has 3 N–H and O–H groups in total. The molecule has 0 aliphatic heterocycles. The number of benzene rings is 1. The van der Waals surface area contributed by atoms with E-state index in [-0.39, 0.29) is 13.0 Å². The third-order valence-electron chi connectivity index (χ3n) is 3.17. The van der Waals surface area contributed by atoms with Crippen LogP contribution in [0.25, 0.3) is 21.3 Å². The fourth-order valence-corrected chi connectivity index (χ4v) is 2.18. The predicted molar refractivity (Wildman–Crippen MR) is 73.3 cm³/mol. The normalized spacial score (nSPS) is 13.7. The number of aromatic amines is 1. The number of aromatic nitrogens is 1. The number of aliphatic hydroxyl groups is 2. The molecule has 1 heterocycles. The summed E-state index contributed by atoms with van der Waals surface area (Å²) in [6.07, 6.45) is 0.173. The monoisotopic (exact) mass is 274 g/mol. The van der Waals surface area contributed by atoms with E-state index in [4.69, 9.17) is 5.53 Å². The average Bonchev–Trinajstić information content (AvgIpc) is 2.89. The van der Waals surface area contributed by atoms with Gasteiger partial charge in [0.1, 0.15) is 6.10 Å². The molecule has 2 rings (SSSR count). The zero-order chi connectivity index (χ0) is 14.5. The van der Waals surface area contributed by atoms with E-state index in [1.807, 2.05) is 0 Å². The number of rotatable bonds is 6. The van der Waals surface area contributed by atoms with Crippen molar-refractivity contribution in [3.8, 4) is 0 Å². The molecule has 0 saturated carbocycles. The molecular formula is C13H14N4O3. The van der Waals surface area contributed by atoms with E-state index in [1.165, 1.54) is 0 Å². The number of carbonyl (C=O) groups is 1. The lowest BCUT2D eigenvalue weighted by atomic mass is 9.97. The third kappa shape index (κ3) is 2.65. The van der Waals surface area contributed by atoms with Gasteiger partial charge in [0, 0.05) is 34.1 Å². The molecule has 0 bridgehead atoms. The molecular weight excluding hydrogens is 260 g/mol. The van der Waals surface area contributed by atoms with Crippen LogP contribution >= 0.6 is 0 Å². The predicted octanol–water partition coefficient (Wildman–Crippen LogP) is 2.08. The Morgan fingerprint density at radius 2 is 2.25 bits per heavy atom. The zero-order valence-electron chi connectivity index (χ0n) is 10.6. The van der Waals surface area contributed by atoms with Gasteiger partial charge < -0.3 is 15.2 Å². The summed E-state index contributed by atoms with van der Waals surface area (Å²) in [5.41, 5.74) is 9.80. The molecule has 2 aromatic rings. The number of H-pyrrole nitrogens is 1. The van der Waals surface area contributed by atoms with Crippen molar-refractivity contribution in [1.82, 2.24) is 4.98 Å². The van der Waals surface area contributed by atoms with E-state index in [0.717, 1.165) is 0 Å². The van der Waals surface area contributed by atoms with Gasteiger partial charge in [-0.1, -0.05) is 17.2 Å². The summed E-state index contributed by atoms with van der Waals surface area (Å²) >= 11 is 0. The first-order valence-electron chi connectivity index (χ1n) is 6.11. The highest BCUT2D eigenvalue weighted by Gasteiger charge is 2.21. The Balaban J connectivity index is 2.33. The number of hydrogen-bond acceptors (Lipinski definition) is 4. The van der Waals surface area contributed by atoms with Crippen LogP contribution in [0, 0.1) is 0 Å². The van der Waals surface area contributed by atoms with Crippen LogP contribution in [0.5, 0.6) is 0 Å². The molecule has 0 aliphatic carbocycles. The highest BCUT2D eigenvalue weighted by atomic mass is 16.3. The average molecular weight is 274 g/mol. The number of azide groups is 1. The number of nitrogens with zero attached hydrogens (tertiary/aromatic N) is 3. The molecule has 2 atom stereocenters. The van der Waals surface area contributed by atoms with Crippen molar-refractivity contribution in [1.29, 1.82) is 0 Å². The van der Waals surface area contributed by atoms with Gasteiger partial charge in [0.25, 0.3) is 0 Å². The molecule has 0 fully saturated rings. The summed E-state index contributed by atoms with van der Waals surface area (Å²) in [5, 5.41) is 24.1. The Labute approximate surface area is 114 Å². The maximum atomic E-state index is 11.0. The Bertz CT molecular complexity index is 661. The largest absolute Gasteiger partial charge is 0.390 e. The number of carbonyl (C=O) groups excluding carboxylic acids is 1. The number of hydrogen-bond donors (Lipinski definition) is 3. The van der Waals surface area contributed by atoms with Crippen molar-refractivity contribution >= 4 is 17.2 Å². The van der Waals surface area contributed by atoms with Crippen LogP contribution < -0.4 is 0 Å². The Kier molecular flexibility index (Phi) is 4.37. The van der Waals surface area contributed by atoms with E-state index in [2.05, 4.69) is 15.0 Å². The molecule has 0 aliphatic rings. The SMILES string of the molecule is [N-]=[N+]=NCCC(O)C(O)c1cccc2[nH]cc(C=O)c12. The first-order valence-corrected chi connectivity index (χ1v) is 6.11. The van der Waals surface area contributed by atoms with E-state index < -0.39 is 12.2 Å². The molecule has 0 spiro atoms. The van der Waals surface area contributed by atoms with Gasteiger partial charge in [0.05, 0.1) is 6.10 Å². The molecule has 0 saturated heterocycles. The Morgan fingerprint density at radius 1 is 1.45 bits per heavy atom. The molecule has 104 valence electrons. The van der Waals surface area contributed by atoms with Gasteiger partial charge in [0.2, 0.25) is 0 Å². The van der Waals surface area contributed by atoms with Gasteiger partial charge in [-0.3, -0.25) is 4.79 Å². The van der Waals surface area contributed by atoms with E-state index in [9.17, 15) is 15.0 Å². The minimum Gasteiger partial charge on any atom is -0.390 e. The van der Waals surface area contributed by atoms with E-state index >= 15 is 0 Å². The van der Waals surface area contributed by atoms with Gasteiger partial charge in [-0.25, -0.2) is 0 Å². The second-order valence-electron chi connectivity index (χ2n) is 4.39. The summed E-state index contributed by atoms with van der Waals surface area (Å²) in [4.78, 5) is 16.5. The first-order chi connectivity index (χ1) is 9.69. The topological polar surface area (TPSA) is 122 Å². The van der Waals surface area contributed by atoms with Crippen LogP contribution in [-0.4, -0.2) is 34.1 Å². The molecule has 1 aromatic heterocycles. The van der Waals surface area contributed by atoms with Gasteiger partial charge in [0.15, 0.2) is 6.29 Å². The molecule has 2 unspecified atom stereocenters. The summed E-state index contributed by atoms with van der Waals surface area (Å²) < 4.78 is 0. The smallest absolute Gasteiger partial charge is 0.152 e. The Morgan fingerprint density at radius 3 is 2.95 bits per heavy atom. The highest BCUT2D eigenvalue weighted by molar-refractivity contribution is 5.99. The van der Waals surface area contributed by atoms with Crippen LogP contribution in [0.15, 0.2) is 29.5 Å². The van der Waals surface area contributed by atoms with Crippen LogP contribution in [-0.2, 0) is 0 Å². The quantitative estimate of drug-likeness (QED) is 0.323. The third-order valence-corrected chi connectivity index (χ3v) is 3.17. The number of fused-ring (bicyclic) bond motifs is 1. The van der Waals surface area contributed by atoms with Crippen LogP contribution in [0.3, 0.4) is 0 Å². The van der Waals surface area contributed by atoms with Gasteiger partial charge >= 0.3 is 0 Å². The minimum absolute atomic E-state index is 0.0956. The van der Waals surface area contributed by atoms with Crippen LogP contribution in [0.1, 0.15) is 28.4 Å². The fourth-order valence-electron chi connectivity index (χ4n) is 2.18. The number of nitrogens with one attached hydrogen (secondary N) is 1. The van der Waals surface area contributed by atoms with Crippen molar-refractivity contribution in [3.63, 3.8) is 0 Å². The van der Waals surface area contributed by atoms with Crippen molar-refractivity contribution in [2.24, 2.45) is 5.11 Å². The molecule has 1 aromatic carbocycles. The second-order valence-corrected chi connectivity index (χ2v) is 4.39. The lowest BCUT2D eigenvalue weighted by Gasteiger charge is -2.18. The lowest BCUT2D eigenvalue weighted by molar-refractivity contribution is 0.0159. The fraction of sp³-hybridized carbons (Fsp3) is 0.308. The molecule has 0 amide bonds. The summed E-state index contributed by atoms with van der Waals surface area (Å²) in [7, 11) is 0. The maximum absolute atomic E-state index is 11.0. The molecule has 0 radical (unpaired) electrons. The van der Waals surface area contributed by atoms with Crippen molar-refractivity contribution < 1.29 is 15.0 Å². The van der Waals surface area contributed by atoms with E-state index in [1.54, 1.807) is 24.4 Å². The maximum Gasteiger partial charge on any atom is 0.152 e. The van der Waals surface area contributed by atoms with Crippen molar-refractivity contribution in [2.45, 2.75) is 18.6 Å². The Hall–Kier alpha value is -2.34.